The van der Waals surface area contributed by atoms with Crippen LogP contribution in [0, 0.1) is 6.92 Å². The highest BCUT2D eigenvalue weighted by Gasteiger charge is 2.30. The zero-order chi connectivity index (χ0) is 19.0. The Balaban J connectivity index is 1.50. The Labute approximate surface area is 160 Å². The molecule has 1 atom stereocenters. The Kier molecular flexibility index (Phi) is 4.72. The number of rotatable bonds is 4. The van der Waals surface area contributed by atoms with Crippen LogP contribution in [0.4, 0.5) is 5.69 Å². The third kappa shape index (κ3) is 3.48. The number of nitrogens with two attached hydrogens (primary N) is 1. The number of nitrogens with zero attached hydrogens (tertiary/aromatic N) is 1. The molecular formula is C20H21N3O3S. The van der Waals surface area contributed by atoms with Gasteiger partial charge in [-0.3, -0.25) is 9.59 Å². The molecule has 1 unspecified atom stereocenters. The van der Waals surface area contributed by atoms with Gasteiger partial charge in [-0.05, 0) is 56.2 Å². The molecule has 1 saturated heterocycles. The van der Waals surface area contributed by atoms with Crippen molar-refractivity contribution in [3.8, 4) is 0 Å². The third-order valence-corrected chi connectivity index (χ3v) is 6.01. The smallest absolute Gasteiger partial charge is 0.265 e. The minimum absolute atomic E-state index is 0.0190. The van der Waals surface area contributed by atoms with E-state index in [2.05, 4.69) is 5.32 Å². The molecule has 0 bridgehead atoms. The van der Waals surface area contributed by atoms with Crippen molar-refractivity contribution in [3.05, 3.63) is 51.9 Å². The van der Waals surface area contributed by atoms with Gasteiger partial charge in [0, 0.05) is 22.5 Å². The minimum atomic E-state index is -0.152. The second-order valence-electron chi connectivity index (χ2n) is 6.72. The van der Waals surface area contributed by atoms with Crippen molar-refractivity contribution in [1.82, 2.24) is 4.90 Å². The summed E-state index contributed by atoms with van der Waals surface area (Å²) >= 11 is 1.43. The number of hydrogen-bond donors (Lipinski definition) is 2. The van der Waals surface area contributed by atoms with Crippen LogP contribution >= 0.6 is 11.3 Å². The number of carbonyl (C=O) groups excluding carboxylic acids is 2. The number of fused-ring (bicyclic) bond motifs is 1. The van der Waals surface area contributed by atoms with Crippen LogP contribution in [-0.4, -0.2) is 29.8 Å². The third-order valence-electron chi connectivity index (χ3n) is 4.82. The highest BCUT2D eigenvalue weighted by Crippen LogP contribution is 2.36. The Bertz CT molecular complexity index is 1010. The lowest BCUT2D eigenvalue weighted by atomic mass is 10.2. The van der Waals surface area contributed by atoms with Crippen molar-refractivity contribution < 1.29 is 14.0 Å². The van der Waals surface area contributed by atoms with Crippen molar-refractivity contribution in [2.45, 2.75) is 25.8 Å². The maximum Gasteiger partial charge on any atom is 0.265 e. The Hall–Kier alpha value is -2.64. The van der Waals surface area contributed by atoms with Crippen molar-refractivity contribution in [1.29, 1.82) is 0 Å². The molecule has 1 aliphatic heterocycles. The van der Waals surface area contributed by atoms with Crippen LogP contribution in [0.15, 0.2) is 40.8 Å². The number of aryl methyl sites for hydroxylation is 1. The van der Waals surface area contributed by atoms with Gasteiger partial charge in [0.15, 0.2) is 0 Å². The van der Waals surface area contributed by atoms with Crippen LogP contribution in [0.2, 0.25) is 0 Å². The molecule has 3 heterocycles. The molecule has 0 saturated carbocycles. The van der Waals surface area contributed by atoms with Gasteiger partial charge in [0.2, 0.25) is 5.91 Å². The van der Waals surface area contributed by atoms with Gasteiger partial charge >= 0.3 is 0 Å². The normalized spacial score (nSPS) is 16.8. The van der Waals surface area contributed by atoms with Crippen molar-refractivity contribution in [3.63, 3.8) is 0 Å². The maximum absolute atomic E-state index is 12.6. The molecule has 3 N–H and O–H groups in total. The maximum atomic E-state index is 12.6. The number of carbonyl (C=O) groups is 2. The second-order valence-corrected chi connectivity index (χ2v) is 7.83. The molecule has 140 valence electrons. The van der Waals surface area contributed by atoms with E-state index in [9.17, 15) is 9.59 Å². The predicted octanol–water partition coefficient (Wildman–Crippen LogP) is 3.68. The number of furan rings is 1. The lowest BCUT2D eigenvalue weighted by molar-refractivity contribution is -0.130. The van der Waals surface area contributed by atoms with Crippen molar-refractivity contribution >= 4 is 39.8 Å². The van der Waals surface area contributed by atoms with Gasteiger partial charge in [0.05, 0.1) is 17.5 Å². The summed E-state index contributed by atoms with van der Waals surface area (Å²) in [6, 6.07) is 11.3. The van der Waals surface area contributed by atoms with Crippen LogP contribution < -0.4 is 11.1 Å². The summed E-state index contributed by atoms with van der Waals surface area (Å²) < 4.78 is 5.56. The van der Waals surface area contributed by atoms with E-state index in [1.165, 1.54) is 11.3 Å². The zero-order valence-corrected chi connectivity index (χ0v) is 15.8. The van der Waals surface area contributed by atoms with Gasteiger partial charge in [0.25, 0.3) is 5.91 Å². The number of hydrogen-bond acceptors (Lipinski definition) is 5. The van der Waals surface area contributed by atoms with Gasteiger partial charge in [-0.2, -0.15) is 0 Å². The fraction of sp³-hybridized carbons (Fsp3) is 0.300. The number of thiophene rings is 1. The number of anilines is 1. The first kappa shape index (κ1) is 17.8. The SMILES string of the molecule is Cc1cc2cc(NC(=O)c3ccc(C4CCCN4C(=O)CN)s3)ccc2o1. The lowest BCUT2D eigenvalue weighted by Gasteiger charge is -2.23. The molecule has 0 radical (unpaired) electrons. The van der Waals surface area contributed by atoms with Crippen LogP contribution in [0.1, 0.15) is 39.2 Å². The first-order valence-corrected chi connectivity index (χ1v) is 9.77. The summed E-state index contributed by atoms with van der Waals surface area (Å²) in [6.45, 7) is 2.64. The Morgan fingerprint density at radius 3 is 2.96 bits per heavy atom. The van der Waals surface area contributed by atoms with E-state index in [1.54, 1.807) is 0 Å². The summed E-state index contributed by atoms with van der Waals surface area (Å²) in [5.74, 6) is 0.644. The molecule has 6 nitrogen and oxygen atoms in total. The van der Waals surface area contributed by atoms with E-state index in [4.69, 9.17) is 10.2 Å². The van der Waals surface area contributed by atoms with E-state index in [1.807, 2.05) is 48.2 Å². The van der Waals surface area contributed by atoms with Crippen LogP contribution in [0.25, 0.3) is 11.0 Å². The molecule has 1 aromatic carbocycles. The van der Waals surface area contributed by atoms with E-state index < -0.39 is 0 Å². The van der Waals surface area contributed by atoms with E-state index in [0.717, 1.165) is 46.7 Å². The van der Waals surface area contributed by atoms with Crippen LogP contribution in [0.5, 0.6) is 0 Å². The van der Waals surface area contributed by atoms with Gasteiger partial charge in [-0.1, -0.05) is 0 Å². The first-order valence-electron chi connectivity index (χ1n) is 8.96. The quantitative estimate of drug-likeness (QED) is 0.719. The van der Waals surface area contributed by atoms with Crippen LogP contribution in [-0.2, 0) is 4.79 Å². The fourth-order valence-corrected chi connectivity index (χ4v) is 4.63. The molecule has 27 heavy (non-hydrogen) atoms. The number of benzene rings is 1. The second kappa shape index (κ2) is 7.17. The minimum Gasteiger partial charge on any atom is -0.461 e. The summed E-state index contributed by atoms with van der Waals surface area (Å²) in [5.41, 5.74) is 7.04. The van der Waals surface area contributed by atoms with Gasteiger partial charge in [-0.25, -0.2) is 0 Å². The number of likely N-dealkylation sites (tertiary alicyclic amines) is 1. The molecular weight excluding hydrogens is 362 g/mol. The molecule has 4 rings (SSSR count). The molecule has 7 heteroatoms. The molecule has 2 aromatic heterocycles. The van der Waals surface area contributed by atoms with Crippen molar-refractivity contribution in [2.24, 2.45) is 5.73 Å². The highest BCUT2D eigenvalue weighted by molar-refractivity contribution is 7.14. The average molecular weight is 383 g/mol. The van der Waals surface area contributed by atoms with Gasteiger partial charge in [-0.15, -0.1) is 11.3 Å². The average Bonchev–Trinajstić information content (AvgIpc) is 3.38. The molecule has 2 amide bonds. The summed E-state index contributed by atoms with van der Waals surface area (Å²) in [5, 5.41) is 3.90. The van der Waals surface area contributed by atoms with E-state index in [0.29, 0.717) is 4.88 Å². The van der Waals surface area contributed by atoms with Crippen LogP contribution in [0.3, 0.4) is 0 Å². The molecule has 3 aromatic rings. The standard InChI is InChI=1S/C20H21N3O3S/c1-12-9-13-10-14(4-5-16(13)26-12)22-20(25)18-7-6-17(27-18)15-3-2-8-23(15)19(24)11-21/h4-7,9-10,15H,2-3,8,11,21H2,1H3,(H,22,25). The van der Waals surface area contributed by atoms with Gasteiger partial charge < -0.3 is 20.4 Å². The van der Waals surface area contributed by atoms with E-state index in [-0.39, 0.29) is 24.4 Å². The number of amides is 2. The van der Waals surface area contributed by atoms with E-state index >= 15 is 0 Å². The fourth-order valence-electron chi connectivity index (χ4n) is 3.58. The molecule has 1 fully saturated rings. The molecule has 1 aliphatic rings. The summed E-state index contributed by atoms with van der Waals surface area (Å²) in [7, 11) is 0. The molecule has 0 spiro atoms. The Morgan fingerprint density at radius 2 is 2.15 bits per heavy atom. The van der Waals surface area contributed by atoms with Crippen molar-refractivity contribution in [2.75, 3.05) is 18.4 Å². The Morgan fingerprint density at radius 1 is 1.30 bits per heavy atom. The topological polar surface area (TPSA) is 88.6 Å². The van der Waals surface area contributed by atoms with Gasteiger partial charge in [0.1, 0.15) is 11.3 Å². The predicted molar refractivity (Wildman–Crippen MR) is 106 cm³/mol. The lowest BCUT2D eigenvalue weighted by Crippen LogP contribution is -2.35. The monoisotopic (exact) mass is 383 g/mol. The summed E-state index contributed by atoms with van der Waals surface area (Å²) in [4.78, 5) is 28.1. The first-order chi connectivity index (χ1) is 13.0. The zero-order valence-electron chi connectivity index (χ0n) is 15.0. The largest absolute Gasteiger partial charge is 0.461 e. The molecule has 0 aliphatic carbocycles. The number of nitrogens with one attached hydrogen (secondary N) is 1. The summed E-state index contributed by atoms with van der Waals surface area (Å²) in [6.07, 6.45) is 1.86. The highest BCUT2D eigenvalue weighted by atomic mass is 32.1.